The summed E-state index contributed by atoms with van der Waals surface area (Å²) in [6.45, 7) is 4.84. The summed E-state index contributed by atoms with van der Waals surface area (Å²) >= 11 is 0. The number of halogens is 1. The molecule has 0 spiro atoms. The lowest BCUT2D eigenvalue weighted by atomic mass is 9.81. The zero-order chi connectivity index (χ0) is 17.4. The van der Waals surface area contributed by atoms with Crippen LogP contribution >= 0.6 is 0 Å². The predicted octanol–water partition coefficient (Wildman–Crippen LogP) is 2.76. The average molecular weight is 343 g/mol. The number of nitrogens with one attached hydrogen (secondary N) is 1. The quantitative estimate of drug-likeness (QED) is 0.911. The third-order valence-electron chi connectivity index (χ3n) is 5.33. The van der Waals surface area contributed by atoms with Gasteiger partial charge in [-0.2, -0.15) is 0 Å². The SMILES string of the molecule is C[C@@]1(C(=O)N2CCc3onc(-c4cccc(F)c4)c3C2)CCCNC1. The Kier molecular flexibility index (Phi) is 4.07. The number of fused-ring (bicyclic) bond motifs is 1. The molecule has 5 nitrogen and oxygen atoms in total. The van der Waals surface area contributed by atoms with Gasteiger partial charge in [0, 0.05) is 30.6 Å². The molecule has 2 aliphatic rings. The summed E-state index contributed by atoms with van der Waals surface area (Å²) in [4.78, 5) is 15.0. The highest BCUT2D eigenvalue weighted by Crippen LogP contribution is 2.34. The molecule has 0 saturated carbocycles. The summed E-state index contributed by atoms with van der Waals surface area (Å²) in [6.07, 6.45) is 2.57. The van der Waals surface area contributed by atoms with Gasteiger partial charge in [-0.15, -0.1) is 0 Å². The van der Waals surface area contributed by atoms with Crippen molar-refractivity contribution in [2.45, 2.75) is 32.7 Å². The summed E-state index contributed by atoms with van der Waals surface area (Å²) in [5.74, 6) is 0.672. The van der Waals surface area contributed by atoms with Crippen LogP contribution in [-0.4, -0.2) is 35.6 Å². The van der Waals surface area contributed by atoms with Gasteiger partial charge in [0.25, 0.3) is 0 Å². The molecule has 0 unspecified atom stereocenters. The van der Waals surface area contributed by atoms with Crippen molar-refractivity contribution in [2.24, 2.45) is 5.41 Å². The van der Waals surface area contributed by atoms with E-state index in [1.54, 1.807) is 6.07 Å². The van der Waals surface area contributed by atoms with Crippen molar-refractivity contribution in [3.63, 3.8) is 0 Å². The zero-order valence-corrected chi connectivity index (χ0v) is 14.3. The second-order valence-corrected chi connectivity index (χ2v) is 7.26. The fourth-order valence-corrected chi connectivity index (χ4v) is 3.87. The molecule has 2 aromatic rings. The van der Waals surface area contributed by atoms with Gasteiger partial charge in [0.1, 0.15) is 17.3 Å². The van der Waals surface area contributed by atoms with Crippen molar-refractivity contribution >= 4 is 5.91 Å². The summed E-state index contributed by atoms with van der Waals surface area (Å²) in [5, 5.41) is 7.47. The van der Waals surface area contributed by atoms with Gasteiger partial charge in [0.15, 0.2) is 0 Å². The predicted molar refractivity (Wildman–Crippen MR) is 91.2 cm³/mol. The Bertz CT molecular complexity index is 796. The van der Waals surface area contributed by atoms with Crippen molar-refractivity contribution in [1.29, 1.82) is 0 Å². The maximum atomic E-state index is 13.6. The van der Waals surface area contributed by atoms with Crippen molar-refractivity contribution in [3.8, 4) is 11.3 Å². The smallest absolute Gasteiger partial charge is 0.230 e. The van der Waals surface area contributed by atoms with Gasteiger partial charge in [-0.25, -0.2) is 4.39 Å². The molecule has 3 heterocycles. The first-order valence-corrected chi connectivity index (χ1v) is 8.80. The second-order valence-electron chi connectivity index (χ2n) is 7.26. The molecule has 0 aliphatic carbocycles. The normalized spacial score (nSPS) is 23.4. The lowest BCUT2D eigenvalue weighted by Crippen LogP contribution is -2.51. The van der Waals surface area contributed by atoms with Crippen LogP contribution in [0.2, 0.25) is 0 Å². The molecule has 132 valence electrons. The van der Waals surface area contributed by atoms with E-state index < -0.39 is 0 Å². The van der Waals surface area contributed by atoms with Gasteiger partial charge >= 0.3 is 0 Å². The number of carbonyl (C=O) groups is 1. The number of piperidine rings is 1. The Morgan fingerprint density at radius 2 is 2.32 bits per heavy atom. The van der Waals surface area contributed by atoms with E-state index in [0.29, 0.717) is 30.8 Å². The standard InChI is InChI=1S/C19H22FN3O2/c1-19(7-3-8-21-12-19)18(24)23-9-6-16-15(11-23)17(22-25-16)13-4-2-5-14(20)10-13/h2,4-5,10,21H,3,6-9,11-12H2,1H3/t19-/m1/s1. The van der Waals surface area contributed by atoms with E-state index in [2.05, 4.69) is 10.5 Å². The molecule has 6 heteroatoms. The lowest BCUT2D eigenvalue weighted by Gasteiger charge is -2.38. The highest BCUT2D eigenvalue weighted by molar-refractivity contribution is 5.83. The first-order valence-electron chi connectivity index (χ1n) is 8.80. The van der Waals surface area contributed by atoms with Gasteiger partial charge in [0.05, 0.1) is 12.0 Å². The highest BCUT2D eigenvalue weighted by atomic mass is 19.1. The van der Waals surface area contributed by atoms with Crippen molar-refractivity contribution in [2.75, 3.05) is 19.6 Å². The van der Waals surface area contributed by atoms with E-state index >= 15 is 0 Å². The summed E-state index contributed by atoms with van der Waals surface area (Å²) < 4.78 is 19.0. The van der Waals surface area contributed by atoms with Crippen LogP contribution in [0.1, 0.15) is 31.1 Å². The molecule has 1 saturated heterocycles. The summed E-state index contributed by atoms with van der Waals surface area (Å²) in [7, 11) is 0. The number of hydrogen-bond acceptors (Lipinski definition) is 4. The monoisotopic (exact) mass is 343 g/mol. The van der Waals surface area contributed by atoms with Gasteiger partial charge in [-0.1, -0.05) is 17.3 Å². The summed E-state index contributed by atoms with van der Waals surface area (Å²) in [5.41, 5.74) is 1.87. The van der Waals surface area contributed by atoms with E-state index in [1.807, 2.05) is 17.9 Å². The Hall–Kier alpha value is -2.21. The minimum Gasteiger partial charge on any atom is -0.360 e. The van der Waals surface area contributed by atoms with Crippen LogP contribution in [0.4, 0.5) is 4.39 Å². The van der Waals surface area contributed by atoms with Gasteiger partial charge in [0.2, 0.25) is 5.91 Å². The fraction of sp³-hybridized carbons (Fsp3) is 0.474. The number of carbonyl (C=O) groups excluding carboxylic acids is 1. The van der Waals surface area contributed by atoms with Crippen LogP contribution < -0.4 is 5.32 Å². The molecule has 1 fully saturated rings. The molecule has 25 heavy (non-hydrogen) atoms. The molecule has 1 aromatic carbocycles. The van der Waals surface area contributed by atoms with Crippen LogP contribution in [0.5, 0.6) is 0 Å². The second kappa shape index (κ2) is 6.26. The van der Waals surface area contributed by atoms with Crippen LogP contribution in [0.25, 0.3) is 11.3 Å². The Labute approximate surface area is 146 Å². The third-order valence-corrected chi connectivity index (χ3v) is 5.33. The van der Waals surface area contributed by atoms with Crippen molar-refractivity contribution in [1.82, 2.24) is 15.4 Å². The number of amides is 1. The molecule has 2 aliphatic heterocycles. The minimum absolute atomic E-state index is 0.178. The maximum absolute atomic E-state index is 13.6. The van der Waals surface area contributed by atoms with Gasteiger partial charge in [-0.3, -0.25) is 4.79 Å². The van der Waals surface area contributed by atoms with E-state index in [-0.39, 0.29) is 17.1 Å². The first kappa shape index (κ1) is 16.3. The molecular weight excluding hydrogens is 321 g/mol. The largest absolute Gasteiger partial charge is 0.360 e. The Morgan fingerprint density at radius 3 is 3.08 bits per heavy atom. The van der Waals surface area contributed by atoms with Gasteiger partial charge < -0.3 is 14.7 Å². The molecular formula is C19H22FN3O2. The van der Waals surface area contributed by atoms with Crippen molar-refractivity contribution in [3.05, 3.63) is 41.4 Å². The maximum Gasteiger partial charge on any atom is 0.230 e. The average Bonchev–Trinajstić information content (AvgIpc) is 3.05. The first-order chi connectivity index (χ1) is 12.1. The Balaban J connectivity index is 1.60. The topological polar surface area (TPSA) is 58.4 Å². The molecule has 0 radical (unpaired) electrons. The zero-order valence-electron chi connectivity index (χ0n) is 14.3. The lowest BCUT2D eigenvalue weighted by molar-refractivity contribution is -0.143. The molecule has 0 bridgehead atoms. The van der Waals surface area contributed by atoms with E-state index in [4.69, 9.17) is 4.52 Å². The molecule has 1 N–H and O–H groups in total. The molecule has 1 atom stereocenters. The molecule has 1 amide bonds. The fourth-order valence-electron chi connectivity index (χ4n) is 3.87. The number of hydrogen-bond donors (Lipinski definition) is 1. The number of rotatable bonds is 2. The van der Waals surface area contributed by atoms with Crippen LogP contribution in [0, 0.1) is 11.2 Å². The van der Waals surface area contributed by atoms with Crippen LogP contribution in [0.3, 0.4) is 0 Å². The highest BCUT2D eigenvalue weighted by Gasteiger charge is 2.39. The number of aromatic nitrogens is 1. The number of nitrogens with zero attached hydrogens (tertiary/aromatic N) is 2. The van der Waals surface area contributed by atoms with E-state index in [0.717, 1.165) is 37.3 Å². The van der Waals surface area contributed by atoms with Gasteiger partial charge in [-0.05, 0) is 38.4 Å². The van der Waals surface area contributed by atoms with Crippen LogP contribution in [0.15, 0.2) is 28.8 Å². The number of benzene rings is 1. The third kappa shape index (κ3) is 2.95. The Morgan fingerprint density at radius 1 is 1.44 bits per heavy atom. The van der Waals surface area contributed by atoms with E-state index in [9.17, 15) is 9.18 Å². The minimum atomic E-state index is -0.355. The summed E-state index contributed by atoms with van der Waals surface area (Å²) in [6, 6.07) is 6.33. The van der Waals surface area contributed by atoms with E-state index in [1.165, 1.54) is 12.1 Å². The van der Waals surface area contributed by atoms with Crippen molar-refractivity contribution < 1.29 is 13.7 Å². The molecule has 1 aromatic heterocycles. The van der Waals surface area contributed by atoms with Crippen LogP contribution in [-0.2, 0) is 17.8 Å². The molecule has 4 rings (SSSR count).